The molecule has 0 aliphatic carbocycles. The van der Waals surface area contributed by atoms with Crippen LogP contribution in [0.1, 0.15) is 16.8 Å². The van der Waals surface area contributed by atoms with E-state index in [9.17, 15) is 4.79 Å². The zero-order valence-corrected chi connectivity index (χ0v) is 15.4. The van der Waals surface area contributed by atoms with Crippen molar-refractivity contribution in [1.29, 1.82) is 0 Å². The fourth-order valence-electron chi connectivity index (χ4n) is 2.84. The summed E-state index contributed by atoms with van der Waals surface area (Å²) in [6.45, 7) is 1.11. The highest BCUT2D eigenvalue weighted by Gasteiger charge is 2.15. The molecular formula is C18H17BrN6O. The Morgan fingerprint density at radius 2 is 2.08 bits per heavy atom. The molecule has 0 bridgehead atoms. The van der Waals surface area contributed by atoms with Gasteiger partial charge in [-0.15, -0.1) is 0 Å². The normalized spacial score (nSPS) is 11.3. The predicted molar refractivity (Wildman–Crippen MR) is 105 cm³/mol. The maximum absolute atomic E-state index is 12.3. The van der Waals surface area contributed by atoms with Crippen molar-refractivity contribution in [2.24, 2.45) is 5.73 Å². The highest BCUT2D eigenvalue weighted by Crippen LogP contribution is 2.28. The molecule has 2 aromatic heterocycles. The Labute approximate surface area is 157 Å². The SMILES string of the molecule is NCCCNC(=O)c1ccc2[nH]nc(-c3nc4ccc(Br)cc4[nH]3)c2c1. The minimum atomic E-state index is -0.124. The van der Waals surface area contributed by atoms with Gasteiger partial charge < -0.3 is 16.0 Å². The third-order valence-corrected chi connectivity index (χ3v) is 4.65. The smallest absolute Gasteiger partial charge is 0.251 e. The Morgan fingerprint density at radius 1 is 1.19 bits per heavy atom. The van der Waals surface area contributed by atoms with E-state index in [4.69, 9.17) is 5.73 Å². The number of nitrogens with one attached hydrogen (secondary N) is 3. The van der Waals surface area contributed by atoms with Crippen LogP contribution in [-0.2, 0) is 0 Å². The van der Waals surface area contributed by atoms with Crippen molar-refractivity contribution in [3.8, 4) is 11.5 Å². The van der Waals surface area contributed by atoms with Gasteiger partial charge in [0.1, 0.15) is 5.69 Å². The molecule has 0 unspecified atom stereocenters. The molecule has 0 aliphatic heterocycles. The summed E-state index contributed by atoms with van der Waals surface area (Å²) >= 11 is 3.46. The Balaban J connectivity index is 1.72. The van der Waals surface area contributed by atoms with Crippen LogP contribution in [0.5, 0.6) is 0 Å². The van der Waals surface area contributed by atoms with Gasteiger partial charge in [0.2, 0.25) is 0 Å². The first-order valence-electron chi connectivity index (χ1n) is 8.28. The summed E-state index contributed by atoms with van der Waals surface area (Å²) in [4.78, 5) is 20.2. The minimum Gasteiger partial charge on any atom is -0.352 e. The van der Waals surface area contributed by atoms with Crippen molar-refractivity contribution in [3.63, 3.8) is 0 Å². The average molecular weight is 413 g/mol. The highest BCUT2D eigenvalue weighted by molar-refractivity contribution is 9.10. The van der Waals surface area contributed by atoms with E-state index in [0.717, 1.165) is 32.8 Å². The fraction of sp³-hybridized carbons (Fsp3) is 0.167. The molecule has 0 saturated carbocycles. The third kappa shape index (κ3) is 3.09. The van der Waals surface area contributed by atoms with Crippen LogP contribution in [0, 0.1) is 0 Å². The minimum absolute atomic E-state index is 0.124. The van der Waals surface area contributed by atoms with Crippen LogP contribution in [0.15, 0.2) is 40.9 Å². The molecule has 4 aromatic rings. The molecular weight excluding hydrogens is 396 g/mol. The lowest BCUT2D eigenvalue weighted by Gasteiger charge is -2.04. The summed E-state index contributed by atoms with van der Waals surface area (Å²) in [6.07, 6.45) is 0.749. The van der Waals surface area contributed by atoms with Gasteiger partial charge >= 0.3 is 0 Å². The Hall–Kier alpha value is -2.71. The standard InChI is InChI=1S/C18H17BrN6O/c19-11-3-5-14-15(9-11)23-17(22-14)16-12-8-10(2-4-13(12)24-25-16)18(26)21-7-1-6-20/h2-5,8-9H,1,6-7,20H2,(H,21,26)(H,22,23)(H,24,25). The van der Waals surface area contributed by atoms with E-state index in [0.29, 0.717) is 30.2 Å². The number of nitrogens with zero attached hydrogens (tertiary/aromatic N) is 2. The Morgan fingerprint density at radius 3 is 2.92 bits per heavy atom. The number of H-pyrrole nitrogens is 2. The van der Waals surface area contributed by atoms with Gasteiger partial charge in [-0.2, -0.15) is 5.10 Å². The molecule has 132 valence electrons. The van der Waals surface area contributed by atoms with E-state index in [2.05, 4.69) is 41.4 Å². The van der Waals surface area contributed by atoms with E-state index < -0.39 is 0 Å². The van der Waals surface area contributed by atoms with Gasteiger partial charge in [-0.1, -0.05) is 15.9 Å². The summed E-state index contributed by atoms with van der Waals surface area (Å²) in [5.41, 5.74) is 9.35. The number of aromatic amines is 2. The zero-order chi connectivity index (χ0) is 18.1. The van der Waals surface area contributed by atoms with Crippen molar-refractivity contribution >= 4 is 43.8 Å². The van der Waals surface area contributed by atoms with E-state index in [1.165, 1.54) is 0 Å². The molecule has 0 fully saturated rings. The molecule has 0 radical (unpaired) electrons. The van der Waals surface area contributed by atoms with Crippen molar-refractivity contribution in [2.75, 3.05) is 13.1 Å². The first kappa shape index (κ1) is 16.7. The first-order valence-corrected chi connectivity index (χ1v) is 9.07. The maximum Gasteiger partial charge on any atom is 0.251 e. The topological polar surface area (TPSA) is 112 Å². The molecule has 0 spiro atoms. The number of imidazole rings is 1. The number of hydrogen-bond acceptors (Lipinski definition) is 4. The molecule has 1 amide bonds. The van der Waals surface area contributed by atoms with Crippen LogP contribution in [0.4, 0.5) is 0 Å². The number of halogens is 1. The van der Waals surface area contributed by atoms with Crippen LogP contribution >= 0.6 is 15.9 Å². The zero-order valence-electron chi connectivity index (χ0n) is 13.8. The number of nitrogens with two attached hydrogens (primary N) is 1. The number of benzene rings is 2. The van der Waals surface area contributed by atoms with Gasteiger partial charge in [0.15, 0.2) is 5.82 Å². The highest BCUT2D eigenvalue weighted by atomic mass is 79.9. The number of carbonyl (C=O) groups excluding carboxylic acids is 1. The number of fused-ring (bicyclic) bond motifs is 2. The monoisotopic (exact) mass is 412 g/mol. The van der Waals surface area contributed by atoms with E-state index >= 15 is 0 Å². The number of hydrogen-bond donors (Lipinski definition) is 4. The molecule has 2 aromatic carbocycles. The van der Waals surface area contributed by atoms with Crippen LogP contribution in [-0.4, -0.2) is 39.2 Å². The van der Waals surface area contributed by atoms with Crippen molar-refractivity contribution in [2.45, 2.75) is 6.42 Å². The molecule has 26 heavy (non-hydrogen) atoms. The fourth-order valence-corrected chi connectivity index (χ4v) is 3.20. The van der Waals surface area contributed by atoms with Gasteiger partial charge in [0.05, 0.1) is 16.6 Å². The third-order valence-electron chi connectivity index (χ3n) is 4.16. The molecule has 7 nitrogen and oxygen atoms in total. The molecule has 8 heteroatoms. The lowest BCUT2D eigenvalue weighted by atomic mass is 10.1. The van der Waals surface area contributed by atoms with Gasteiger partial charge in [-0.25, -0.2) is 4.98 Å². The molecule has 4 rings (SSSR count). The quantitative estimate of drug-likeness (QED) is 0.377. The van der Waals surface area contributed by atoms with Crippen LogP contribution in [0.3, 0.4) is 0 Å². The maximum atomic E-state index is 12.3. The van der Waals surface area contributed by atoms with Crippen molar-refractivity contribution in [1.82, 2.24) is 25.5 Å². The predicted octanol–water partition coefficient (Wildman–Crippen LogP) is 2.95. The molecule has 0 saturated heterocycles. The largest absolute Gasteiger partial charge is 0.352 e. The second kappa shape index (κ2) is 6.89. The molecule has 0 atom stereocenters. The van der Waals surface area contributed by atoms with Crippen molar-refractivity contribution in [3.05, 3.63) is 46.4 Å². The average Bonchev–Trinajstić information content (AvgIpc) is 3.24. The van der Waals surface area contributed by atoms with Gasteiger partial charge in [-0.05, 0) is 49.4 Å². The summed E-state index contributed by atoms with van der Waals surface area (Å²) in [5.74, 6) is 0.533. The number of carbonyl (C=O) groups is 1. The Kier molecular flexibility index (Phi) is 4.44. The van der Waals surface area contributed by atoms with Gasteiger partial charge in [-0.3, -0.25) is 9.89 Å². The van der Waals surface area contributed by atoms with E-state index in [-0.39, 0.29) is 5.91 Å². The number of rotatable bonds is 5. The lowest BCUT2D eigenvalue weighted by molar-refractivity contribution is 0.0953. The van der Waals surface area contributed by atoms with Crippen LogP contribution in [0.25, 0.3) is 33.5 Å². The Bertz CT molecular complexity index is 1100. The number of amides is 1. The first-order chi connectivity index (χ1) is 12.7. The second-order valence-electron chi connectivity index (χ2n) is 5.98. The second-order valence-corrected chi connectivity index (χ2v) is 6.89. The lowest BCUT2D eigenvalue weighted by Crippen LogP contribution is -2.25. The summed E-state index contributed by atoms with van der Waals surface area (Å²) in [7, 11) is 0. The summed E-state index contributed by atoms with van der Waals surface area (Å²) in [6, 6.07) is 11.3. The van der Waals surface area contributed by atoms with Crippen LogP contribution < -0.4 is 11.1 Å². The number of aromatic nitrogens is 4. The van der Waals surface area contributed by atoms with Gasteiger partial charge in [0.25, 0.3) is 5.91 Å². The summed E-state index contributed by atoms with van der Waals surface area (Å²) < 4.78 is 0.975. The molecule has 0 aliphatic rings. The summed E-state index contributed by atoms with van der Waals surface area (Å²) in [5, 5.41) is 11.1. The molecule has 2 heterocycles. The van der Waals surface area contributed by atoms with Gasteiger partial charge in [0, 0.05) is 22.0 Å². The van der Waals surface area contributed by atoms with Crippen molar-refractivity contribution < 1.29 is 4.79 Å². The van der Waals surface area contributed by atoms with E-state index in [1.807, 2.05) is 30.3 Å². The van der Waals surface area contributed by atoms with Crippen LogP contribution in [0.2, 0.25) is 0 Å². The van der Waals surface area contributed by atoms with E-state index in [1.54, 1.807) is 6.07 Å². The molecule has 5 N–H and O–H groups in total.